The Morgan fingerprint density at radius 2 is 2.11 bits per heavy atom. The monoisotopic (exact) mass is 389 g/mol. The van der Waals surface area contributed by atoms with Gasteiger partial charge in [-0.1, -0.05) is 15.9 Å². The first-order chi connectivity index (χ1) is 9.04. The summed E-state index contributed by atoms with van der Waals surface area (Å²) >= 11 is 6.87. The molecule has 0 N–H and O–H groups in total. The molecule has 0 aliphatic carbocycles. The third-order valence-electron chi connectivity index (χ3n) is 3.51. The van der Waals surface area contributed by atoms with Crippen molar-refractivity contribution >= 4 is 37.8 Å². The smallest absolute Gasteiger partial charge is 0.257 e. The zero-order chi connectivity index (χ0) is 14.0. The second-order valence-electron chi connectivity index (χ2n) is 4.81. The molecule has 1 atom stereocenters. The molecule has 1 saturated heterocycles. The fourth-order valence-electron chi connectivity index (χ4n) is 2.48. The minimum absolute atomic E-state index is 0.0473. The fourth-order valence-corrected chi connectivity index (χ4v) is 3.87. The number of likely N-dealkylation sites (tertiary alicyclic amines) is 1. The number of nitrogens with zero attached hydrogens (tertiary/aromatic N) is 1. The van der Waals surface area contributed by atoms with Crippen molar-refractivity contribution in [2.24, 2.45) is 0 Å². The molecule has 3 nitrogen and oxygen atoms in total. The molecule has 0 radical (unpaired) electrons. The number of hydrogen-bond donors (Lipinski definition) is 0. The van der Waals surface area contributed by atoms with Crippen LogP contribution in [0.2, 0.25) is 0 Å². The van der Waals surface area contributed by atoms with Gasteiger partial charge in [0.05, 0.1) is 17.1 Å². The zero-order valence-corrected chi connectivity index (χ0v) is 14.3. The van der Waals surface area contributed by atoms with Crippen LogP contribution in [0.4, 0.5) is 0 Å². The highest BCUT2D eigenvalue weighted by Crippen LogP contribution is 2.34. The quantitative estimate of drug-likeness (QED) is 0.755. The van der Waals surface area contributed by atoms with Gasteiger partial charge >= 0.3 is 0 Å². The maximum Gasteiger partial charge on any atom is 0.257 e. The number of methoxy groups -OCH3 is 1. The van der Waals surface area contributed by atoms with E-state index in [4.69, 9.17) is 4.74 Å². The summed E-state index contributed by atoms with van der Waals surface area (Å²) in [6.07, 6.45) is 3.35. The van der Waals surface area contributed by atoms with E-state index in [2.05, 4.69) is 38.8 Å². The van der Waals surface area contributed by atoms with Crippen LogP contribution >= 0.6 is 31.9 Å². The normalized spacial score (nSPS) is 19.4. The minimum atomic E-state index is 0.0473. The molecule has 1 aromatic carbocycles. The first-order valence-electron chi connectivity index (χ1n) is 6.38. The van der Waals surface area contributed by atoms with Gasteiger partial charge in [0.2, 0.25) is 0 Å². The molecule has 1 aliphatic heterocycles. The number of carbonyl (C=O) groups excluding carboxylic acids is 1. The Bertz CT molecular complexity index is 491. The molecule has 5 heteroatoms. The summed E-state index contributed by atoms with van der Waals surface area (Å²) in [7, 11) is 1.59. The molecular formula is C14H17Br2NO2. The van der Waals surface area contributed by atoms with E-state index in [9.17, 15) is 4.79 Å². The predicted molar refractivity (Wildman–Crippen MR) is 82.7 cm³/mol. The number of amides is 1. The van der Waals surface area contributed by atoms with Crippen LogP contribution in [-0.4, -0.2) is 30.5 Å². The van der Waals surface area contributed by atoms with Gasteiger partial charge in [-0.05, 0) is 54.2 Å². The van der Waals surface area contributed by atoms with Crippen molar-refractivity contribution in [1.29, 1.82) is 0 Å². The molecule has 104 valence electrons. The average Bonchev–Trinajstić information content (AvgIpc) is 2.37. The van der Waals surface area contributed by atoms with Gasteiger partial charge in [0, 0.05) is 17.1 Å². The van der Waals surface area contributed by atoms with Crippen molar-refractivity contribution in [2.75, 3.05) is 13.7 Å². The van der Waals surface area contributed by atoms with Crippen molar-refractivity contribution in [3.63, 3.8) is 0 Å². The Labute approximate surface area is 130 Å². The number of carbonyl (C=O) groups is 1. The molecular weight excluding hydrogens is 374 g/mol. The standard InChI is InChI=1S/C14H17Br2NO2/c1-9-5-3-4-6-17(9)14(18)11-7-10(15)8-12(16)13(11)19-2/h7-9H,3-6H2,1-2H3/t9-/m0/s1. The summed E-state index contributed by atoms with van der Waals surface area (Å²) in [4.78, 5) is 14.6. The van der Waals surface area contributed by atoms with Crippen molar-refractivity contribution in [3.8, 4) is 5.75 Å². The van der Waals surface area contributed by atoms with Gasteiger partial charge in [0.25, 0.3) is 5.91 Å². The molecule has 2 rings (SSSR count). The SMILES string of the molecule is COc1c(Br)cc(Br)cc1C(=O)N1CCCC[C@@H]1C. The van der Waals surface area contributed by atoms with Crippen molar-refractivity contribution in [3.05, 3.63) is 26.6 Å². The van der Waals surface area contributed by atoms with Crippen LogP contribution in [0.5, 0.6) is 5.75 Å². The van der Waals surface area contributed by atoms with E-state index in [0.29, 0.717) is 17.4 Å². The van der Waals surface area contributed by atoms with Gasteiger partial charge < -0.3 is 9.64 Å². The van der Waals surface area contributed by atoms with E-state index in [1.54, 1.807) is 7.11 Å². The van der Waals surface area contributed by atoms with E-state index < -0.39 is 0 Å². The number of piperidine rings is 1. The molecule has 1 aliphatic rings. The van der Waals surface area contributed by atoms with Crippen LogP contribution in [0.1, 0.15) is 36.5 Å². The lowest BCUT2D eigenvalue weighted by atomic mass is 10.0. The third-order valence-corrected chi connectivity index (χ3v) is 4.55. The molecule has 1 fully saturated rings. The Balaban J connectivity index is 2.37. The van der Waals surface area contributed by atoms with Crippen LogP contribution in [0.3, 0.4) is 0 Å². The topological polar surface area (TPSA) is 29.5 Å². The Hall–Kier alpha value is -0.550. The molecule has 1 aromatic rings. The van der Waals surface area contributed by atoms with Gasteiger partial charge in [0.15, 0.2) is 0 Å². The van der Waals surface area contributed by atoms with Crippen LogP contribution in [-0.2, 0) is 0 Å². The molecule has 0 bridgehead atoms. The molecule has 1 amide bonds. The largest absolute Gasteiger partial charge is 0.495 e. The van der Waals surface area contributed by atoms with Gasteiger partial charge in [0.1, 0.15) is 5.75 Å². The van der Waals surface area contributed by atoms with Crippen LogP contribution < -0.4 is 4.74 Å². The van der Waals surface area contributed by atoms with E-state index in [-0.39, 0.29) is 5.91 Å². The highest BCUT2D eigenvalue weighted by Gasteiger charge is 2.27. The number of ether oxygens (including phenoxy) is 1. The first kappa shape index (κ1) is 14.9. The second kappa shape index (κ2) is 6.27. The Morgan fingerprint density at radius 1 is 1.37 bits per heavy atom. The summed E-state index contributed by atoms with van der Waals surface area (Å²) in [5, 5.41) is 0. The molecule has 0 saturated carbocycles. The van der Waals surface area contributed by atoms with E-state index in [0.717, 1.165) is 28.3 Å². The van der Waals surface area contributed by atoms with E-state index >= 15 is 0 Å². The third kappa shape index (κ3) is 3.14. The summed E-state index contributed by atoms with van der Waals surface area (Å²) in [5.41, 5.74) is 0.609. The maximum absolute atomic E-state index is 12.7. The Morgan fingerprint density at radius 3 is 2.74 bits per heavy atom. The van der Waals surface area contributed by atoms with Crippen molar-refractivity contribution in [1.82, 2.24) is 4.90 Å². The Kier molecular flexibility index (Phi) is 4.90. The predicted octanol–water partition coefficient (Wildman–Crippen LogP) is 4.23. The number of hydrogen-bond acceptors (Lipinski definition) is 2. The van der Waals surface area contributed by atoms with E-state index in [1.165, 1.54) is 6.42 Å². The molecule has 19 heavy (non-hydrogen) atoms. The summed E-state index contributed by atoms with van der Waals surface area (Å²) < 4.78 is 7.02. The number of benzene rings is 1. The molecule has 0 spiro atoms. The molecule has 0 aromatic heterocycles. The maximum atomic E-state index is 12.7. The lowest BCUT2D eigenvalue weighted by Crippen LogP contribution is -2.42. The van der Waals surface area contributed by atoms with Gasteiger partial charge in [-0.3, -0.25) is 4.79 Å². The van der Waals surface area contributed by atoms with E-state index in [1.807, 2.05) is 17.0 Å². The summed E-state index contributed by atoms with van der Waals surface area (Å²) in [5.74, 6) is 0.650. The fraction of sp³-hybridized carbons (Fsp3) is 0.500. The highest BCUT2D eigenvalue weighted by atomic mass is 79.9. The van der Waals surface area contributed by atoms with Gasteiger partial charge in [-0.25, -0.2) is 0 Å². The number of halogens is 2. The van der Waals surface area contributed by atoms with Crippen molar-refractivity contribution in [2.45, 2.75) is 32.2 Å². The number of rotatable bonds is 2. The molecule has 1 heterocycles. The molecule has 0 unspecified atom stereocenters. The van der Waals surface area contributed by atoms with Gasteiger partial charge in [-0.15, -0.1) is 0 Å². The highest BCUT2D eigenvalue weighted by molar-refractivity contribution is 9.11. The lowest BCUT2D eigenvalue weighted by Gasteiger charge is -2.33. The lowest BCUT2D eigenvalue weighted by molar-refractivity contribution is 0.0632. The average molecular weight is 391 g/mol. The summed E-state index contributed by atoms with van der Waals surface area (Å²) in [6.45, 7) is 2.93. The van der Waals surface area contributed by atoms with Crippen LogP contribution in [0.25, 0.3) is 0 Å². The second-order valence-corrected chi connectivity index (χ2v) is 6.58. The van der Waals surface area contributed by atoms with Gasteiger partial charge in [-0.2, -0.15) is 0 Å². The minimum Gasteiger partial charge on any atom is -0.495 e. The zero-order valence-electron chi connectivity index (χ0n) is 11.1. The van der Waals surface area contributed by atoms with Crippen LogP contribution in [0, 0.1) is 0 Å². The van der Waals surface area contributed by atoms with Crippen molar-refractivity contribution < 1.29 is 9.53 Å². The van der Waals surface area contributed by atoms with Crippen LogP contribution in [0.15, 0.2) is 21.1 Å². The summed E-state index contributed by atoms with van der Waals surface area (Å²) in [6, 6.07) is 4.01. The first-order valence-corrected chi connectivity index (χ1v) is 7.97.